The lowest BCUT2D eigenvalue weighted by Crippen LogP contribution is -2.37. The van der Waals surface area contributed by atoms with E-state index < -0.39 is 12.1 Å². The SMILES string of the molecule is C[C@H](OC(=O)c1cc(Cl)nc2ccccc12)C(=O)N(C)CCC#N. The van der Waals surface area contributed by atoms with E-state index in [1.54, 1.807) is 31.3 Å². The fourth-order valence-electron chi connectivity index (χ4n) is 2.22. The molecule has 0 radical (unpaired) electrons. The molecule has 1 aromatic heterocycles. The lowest BCUT2D eigenvalue weighted by Gasteiger charge is -2.20. The first-order valence-corrected chi connectivity index (χ1v) is 7.70. The highest BCUT2D eigenvalue weighted by Crippen LogP contribution is 2.22. The van der Waals surface area contributed by atoms with E-state index >= 15 is 0 Å². The number of nitrogens with zero attached hydrogens (tertiary/aromatic N) is 3. The number of para-hydroxylation sites is 1. The molecule has 0 spiro atoms. The van der Waals surface area contributed by atoms with Crippen LogP contribution in [0.15, 0.2) is 30.3 Å². The maximum atomic E-state index is 12.4. The lowest BCUT2D eigenvalue weighted by atomic mass is 10.1. The zero-order chi connectivity index (χ0) is 17.7. The number of pyridine rings is 1. The minimum absolute atomic E-state index is 0.172. The molecular formula is C17H16ClN3O3. The molecule has 0 aliphatic heterocycles. The third-order valence-electron chi connectivity index (χ3n) is 3.47. The van der Waals surface area contributed by atoms with Crippen molar-refractivity contribution < 1.29 is 14.3 Å². The van der Waals surface area contributed by atoms with Crippen LogP contribution in [-0.2, 0) is 9.53 Å². The number of nitriles is 1. The number of likely N-dealkylation sites (N-methyl/N-ethyl adjacent to an activating group) is 1. The summed E-state index contributed by atoms with van der Waals surface area (Å²) in [4.78, 5) is 30.1. The van der Waals surface area contributed by atoms with Crippen LogP contribution in [0.4, 0.5) is 0 Å². The first-order valence-electron chi connectivity index (χ1n) is 7.32. The number of carbonyl (C=O) groups excluding carboxylic acids is 2. The van der Waals surface area contributed by atoms with Gasteiger partial charge in [0, 0.05) is 19.0 Å². The summed E-state index contributed by atoms with van der Waals surface area (Å²) in [6, 6.07) is 10.4. The van der Waals surface area contributed by atoms with Crippen molar-refractivity contribution in [1.29, 1.82) is 5.26 Å². The van der Waals surface area contributed by atoms with Crippen molar-refractivity contribution in [3.8, 4) is 6.07 Å². The monoisotopic (exact) mass is 345 g/mol. The number of carbonyl (C=O) groups is 2. The smallest absolute Gasteiger partial charge is 0.339 e. The van der Waals surface area contributed by atoms with Gasteiger partial charge in [0.2, 0.25) is 0 Å². The molecule has 0 unspecified atom stereocenters. The predicted molar refractivity (Wildman–Crippen MR) is 89.5 cm³/mol. The van der Waals surface area contributed by atoms with Gasteiger partial charge in [0.15, 0.2) is 6.10 Å². The number of amides is 1. The summed E-state index contributed by atoms with van der Waals surface area (Å²) >= 11 is 5.95. The molecule has 1 atom stereocenters. The van der Waals surface area contributed by atoms with Crippen LogP contribution in [0.2, 0.25) is 5.15 Å². The molecule has 0 aliphatic carbocycles. The summed E-state index contributed by atoms with van der Waals surface area (Å²) in [6.07, 6.45) is -0.750. The van der Waals surface area contributed by atoms with Gasteiger partial charge in [-0.25, -0.2) is 9.78 Å². The average molecular weight is 346 g/mol. The molecule has 0 fully saturated rings. The fraction of sp³-hybridized carbons (Fsp3) is 0.294. The van der Waals surface area contributed by atoms with E-state index in [9.17, 15) is 9.59 Å². The van der Waals surface area contributed by atoms with Crippen LogP contribution in [0.1, 0.15) is 23.7 Å². The Morgan fingerprint density at radius 1 is 1.42 bits per heavy atom. The number of halogens is 1. The van der Waals surface area contributed by atoms with Gasteiger partial charge < -0.3 is 9.64 Å². The molecule has 7 heteroatoms. The molecule has 6 nitrogen and oxygen atoms in total. The molecule has 2 rings (SSSR count). The van der Waals surface area contributed by atoms with Crippen molar-refractivity contribution in [2.75, 3.05) is 13.6 Å². The molecule has 0 saturated heterocycles. The Morgan fingerprint density at radius 3 is 2.83 bits per heavy atom. The molecule has 0 saturated carbocycles. The van der Waals surface area contributed by atoms with Crippen molar-refractivity contribution >= 4 is 34.4 Å². The van der Waals surface area contributed by atoms with Gasteiger partial charge in [0.05, 0.1) is 23.6 Å². The molecule has 2 aromatic rings. The van der Waals surface area contributed by atoms with Crippen molar-refractivity contribution in [1.82, 2.24) is 9.88 Å². The van der Waals surface area contributed by atoms with Crippen molar-refractivity contribution in [3.05, 3.63) is 41.0 Å². The third kappa shape index (κ3) is 4.00. The van der Waals surface area contributed by atoms with E-state index in [-0.39, 0.29) is 29.6 Å². The van der Waals surface area contributed by atoms with Gasteiger partial charge >= 0.3 is 5.97 Å². The van der Waals surface area contributed by atoms with Gasteiger partial charge in [-0.1, -0.05) is 29.8 Å². The van der Waals surface area contributed by atoms with Crippen molar-refractivity contribution in [3.63, 3.8) is 0 Å². The van der Waals surface area contributed by atoms with E-state index in [4.69, 9.17) is 21.6 Å². The number of benzene rings is 1. The van der Waals surface area contributed by atoms with Gasteiger partial charge in [0.25, 0.3) is 5.91 Å². The van der Waals surface area contributed by atoms with Crippen LogP contribution in [0.25, 0.3) is 10.9 Å². The van der Waals surface area contributed by atoms with Crippen LogP contribution in [0.3, 0.4) is 0 Å². The summed E-state index contributed by atoms with van der Waals surface area (Å²) in [5.74, 6) is -1.02. The Morgan fingerprint density at radius 2 is 2.12 bits per heavy atom. The Hall–Kier alpha value is -2.65. The topological polar surface area (TPSA) is 83.3 Å². The van der Waals surface area contributed by atoms with Gasteiger partial charge in [-0.15, -0.1) is 0 Å². The maximum absolute atomic E-state index is 12.4. The van der Waals surface area contributed by atoms with E-state index in [0.29, 0.717) is 10.9 Å². The number of esters is 1. The average Bonchev–Trinajstić information content (AvgIpc) is 2.57. The second-order valence-electron chi connectivity index (χ2n) is 5.23. The Labute approximate surface area is 144 Å². The van der Waals surface area contributed by atoms with E-state index in [0.717, 1.165) is 0 Å². The largest absolute Gasteiger partial charge is 0.449 e. The summed E-state index contributed by atoms with van der Waals surface area (Å²) in [7, 11) is 1.56. The number of rotatable bonds is 5. The standard InChI is InChI=1S/C17H16ClN3O3/c1-11(16(22)21(2)9-5-8-19)24-17(23)13-10-15(18)20-14-7-4-3-6-12(13)14/h3-4,6-7,10-11H,5,9H2,1-2H3/t11-/m0/s1. The van der Waals surface area contributed by atoms with Crippen LogP contribution < -0.4 is 0 Å². The Kier molecular flexibility index (Phi) is 5.72. The minimum Gasteiger partial charge on any atom is -0.449 e. The van der Waals surface area contributed by atoms with E-state index in [1.165, 1.54) is 17.9 Å². The second kappa shape index (κ2) is 7.75. The Bertz CT molecular complexity index is 816. The summed E-state index contributed by atoms with van der Waals surface area (Å²) < 4.78 is 5.26. The zero-order valence-corrected chi connectivity index (χ0v) is 14.1. The zero-order valence-electron chi connectivity index (χ0n) is 13.3. The highest BCUT2D eigenvalue weighted by molar-refractivity contribution is 6.30. The Balaban J connectivity index is 2.18. The van der Waals surface area contributed by atoms with Crippen molar-refractivity contribution in [2.45, 2.75) is 19.4 Å². The van der Waals surface area contributed by atoms with Crippen LogP contribution in [0.5, 0.6) is 0 Å². The van der Waals surface area contributed by atoms with E-state index in [2.05, 4.69) is 4.98 Å². The molecule has 1 heterocycles. The van der Waals surface area contributed by atoms with Crippen molar-refractivity contribution in [2.24, 2.45) is 0 Å². The van der Waals surface area contributed by atoms with Gasteiger partial charge in [0.1, 0.15) is 5.15 Å². The molecule has 124 valence electrons. The summed E-state index contributed by atoms with van der Waals surface area (Å²) in [5, 5.41) is 9.34. The number of ether oxygens (including phenoxy) is 1. The van der Waals surface area contributed by atoms with Crippen LogP contribution in [-0.4, -0.2) is 41.5 Å². The van der Waals surface area contributed by atoms with Gasteiger partial charge in [-0.2, -0.15) is 5.26 Å². The molecule has 24 heavy (non-hydrogen) atoms. The van der Waals surface area contributed by atoms with Crippen LogP contribution >= 0.6 is 11.6 Å². The normalized spacial score (nSPS) is 11.6. The molecule has 0 bridgehead atoms. The number of fused-ring (bicyclic) bond motifs is 1. The second-order valence-corrected chi connectivity index (χ2v) is 5.61. The first-order chi connectivity index (χ1) is 11.4. The van der Waals surface area contributed by atoms with Gasteiger partial charge in [-0.05, 0) is 19.1 Å². The molecule has 1 aromatic carbocycles. The number of hydrogen-bond donors (Lipinski definition) is 0. The molecule has 0 aliphatic rings. The van der Waals surface area contributed by atoms with E-state index in [1.807, 2.05) is 6.07 Å². The van der Waals surface area contributed by atoms with Crippen LogP contribution in [0, 0.1) is 11.3 Å². The maximum Gasteiger partial charge on any atom is 0.339 e. The number of hydrogen-bond acceptors (Lipinski definition) is 5. The first kappa shape index (κ1) is 17.7. The summed E-state index contributed by atoms with van der Waals surface area (Å²) in [5.41, 5.74) is 0.826. The lowest BCUT2D eigenvalue weighted by molar-refractivity contribution is -0.138. The minimum atomic E-state index is -0.966. The quantitative estimate of drug-likeness (QED) is 0.614. The molecule has 1 amide bonds. The molecule has 0 N–H and O–H groups in total. The molecular weight excluding hydrogens is 330 g/mol. The number of aromatic nitrogens is 1. The predicted octanol–water partition coefficient (Wildman–Crippen LogP) is 2.81. The fourth-order valence-corrected chi connectivity index (χ4v) is 2.42. The van der Waals surface area contributed by atoms with Gasteiger partial charge in [-0.3, -0.25) is 4.79 Å². The summed E-state index contributed by atoms with van der Waals surface area (Å²) in [6.45, 7) is 1.77. The highest BCUT2D eigenvalue weighted by atomic mass is 35.5. The third-order valence-corrected chi connectivity index (χ3v) is 3.67. The highest BCUT2D eigenvalue weighted by Gasteiger charge is 2.23.